The summed E-state index contributed by atoms with van der Waals surface area (Å²) in [5, 5.41) is 2.00. The number of pyridine rings is 1. The molecule has 0 spiro atoms. The lowest BCUT2D eigenvalue weighted by Crippen LogP contribution is -2.31. The van der Waals surface area contributed by atoms with Crippen molar-refractivity contribution in [1.29, 1.82) is 0 Å². The first-order valence-corrected chi connectivity index (χ1v) is 6.43. The van der Waals surface area contributed by atoms with Crippen molar-refractivity contribution in [2.45, 2.75) is 13.5 Å². The predicted octanol–water partition coefficient (Wildman–Crippen LogP) is 2.02. The third-order valence-corrected chi connectivity index (χ3v) is 3.75. The largest absolute Gasteiger partial charge is 0.336 e. The molecule has 1 amide bonds. The minimum Gasteiger partial charge on any atom is -0.336 e. The monoisotopic (exact) mass is 262 g/mol. The van der Waals surface area contributed by atoms with Crippen molar-refractivity contribution in [3.05, 3.63) is 56.1 Å². The van der Waals surface area contributed by atoms with Gasteiger partial charge in [-0.05, 0) is 36.1 Å². The number of hydrogen-bond acceptors (Lipinski definition) is 3. The summed E-state index contributed by atoms with van der Waals surface area (Å²) in [6.45, 7) is 2.54. The van der Waals surface area contributed by atoms with Gasteiger partial charge in [-0.2, -0.15) is 0 Å². The number of thiophene rings is 1. The predicted molar refractivity (Wildman–Crippen MR) is 71.9 cm³/mol. The van der Waals surface area contributed by atoms with E-state index in [1.54, 1.807) is 35.4 Å². The molecule has 0 aliphatic rings. The Bertz CT molecular complexity index is 615. The molecule has 94 valence electrons. The Kier molecular flexibility index (Phi) is 3.62. The Labute approximate surface area is 109 Å². The van der Waals surface area contributed by atoms with Crippen LogP contribution in [0.3, 0.4) is 0 Å². The van der Waals surface area contributed by atoms with Crippen LogP contribution in [-0.2, 0) is 6.54 Å². The molecule has 2 heterocycles. The average molecular weight is 262 g/mol. The summed E-state index contributed by atoms with van der Waals surface area (Å²) in [4.78, 5) is 28.8. The van der Waals surface area contributed by atoms with Crippen LogP contribution in [0.25, 0.3) is 0 Å². The van der Waals surface area contributed by atoms with Crippen molar-refractivity contribution in [3.63, 3.8) is 0 Å². The van der Waals surface area contributed by atoms with Crippen LogP contribution in [0.5, 0.6) is 0 Å². The third-order valence-electron chi connectivity index (χ3n) is 2.74. The summed E-state index contributed by atoms with van der Waals surface area (Å²) in [7, 11) is 1.70. The maximum Gasteiger partial charge on any atom is 0.260 e. The molecule has 0 aromatic carbocycles. The molecule has 0 atom stereocenters. The molecule has 0 unspecified atom stereocenters. The van der Waals surface area contributed by atoms with E-state index in [2.05, 4.69) is 4.98 Å². The molecule has 0 radical (unpaired) electrons. The average Bonchev–Trinajstić information content (AvgIpc) is 2.75. The molecule has 0 bridgehead atoms. The molecule has 0 saturated carbocycles. The van der Waals surface area contributed by atoms with E-state index in [1.807, 2.05) is 18.4 Å². The van der Waals surface area contributed by atoms with Gasteiger partial charge in [-0.3, -0.25) is 9.59 Å². The summed E-state index contributed by atoms with van der Waals surface area (Å²) >= 11 is 1.61. The highest BCUT2D eigenvalue weighted by atomic mass is 32.1. The van der Waals surface area contributed by atoms with E-state index in [1.165, 1.54) is 11.8 Å². The van der Waals surface area contributed by atoms with Gasteiger partial charge in [-0.1, -0.05) is 0 Å². The Morgan fingerprint density at radius 1 is 1.44 bits per heavy atom. The quantitative estimate of drug-likeness (QED) is 0.920. The maximum absolute atomic E-state index is 12.1. The molecular weight excluding hydrogens is 248 g/mol. The van der Waals surface area contributed by atoms with E-state index >= 15 is 0 Å². The SMILES string of the molecule is Cc1ccsc1CN(C)C(=O)c1ccc[nH]c1=O. The molecule has 2 aromatic rings. The zero-order valence-electron chi connectivity index (χ0n) is 10.3. The van der Waals surface area contributed by atoms with Crippen LogP contribution >= 0.6 is 11.3 Å². The third kappa shape index (κ3) is 2.51. The molecule has 1 N–H and O–H groups in total. The summed E-state index contributed by atoms with van der Waals surface area (Å²) < 4.78 is 0. The highest BCUT2D eigenvalue weighted by Gasteiger charge is 2.16. The van der Waals surface area contributed by atoms with Crippen molar-refractivity contribution < 1.29 is 4.79 Å². The number of hydrogen-bond donors (Lipinski definition) is 1. The zero-order chi connectivity index (χ0) is 13.1. The first-order valence-electron chi connectivity index (χ1n) is 5.55. The normalized spacial score (nSPS) is 10.3. The number of H-pyrrole nitrogens is 1. The number of nitrogens with zero attached hydrogens (tertiary/aromatic N) is 1. The van der Waals surface area contributed by atoms with Crippen LogP contribution in [0.4, 0.5) is 0 Å². The van der Waals surface area contributed by atoms with Gasteiger partial charge in [-0.15, -0.1) is 11.3 Å². The van der Waals surface area contributed by atoms with Gasteiger partial charge in [-0.25, -0.2) is 0 Å². The molecule has 18 heavy (non-hydrogen) atoms. The number of aromatic amines is 1. The number of aryl methyl sites for hydroxylation is 1. The van der Waals surface area contributed by atoms with Gasteiger partial charge in [0.2, 0.25) is 0 Å². The van der Waals surface area contributed by atoms with Crippen molar-refractivity contribution in [2.75, 3.05) is 7.05 Å². The first-order chi connectivity index (χ1) is 8.59. The van der Waals surface area contributed by atoms with Crippen LogP contribution in [0, 0.1) is 6.92 Å². The van der Waals surface area contributed by atoms with E-state index < -0.39 is 0 Å². The second-order valence-electron chi connectivity index (χ2n) is 4.10. The molecule has 0 aliphatic carbocycles. The molecule has 0 fully saturated rings. The van der Waals surface area contributed by atoms with E-state index in [0.29, 0.717) is 6.54 Å². The van der Waals surface area contributed by atoms with E-state index in [-0.39, 0.29) is 17.0 Å². The zero-order valence-corrected chi connectivity index (χ0v) is 11.1. The molecule has 2 rings (SSSR count). The van der Waals surface area contributed by atoms with Gasteiger partial charge >= 0.3 is 0 Å². The molecule has 0 saturated heterocycles. The molecule has 0 aliphatic heterocycles. The van der Waals surface area contributed by atoms with Gasteiger partial charge in [0.15, 0.2) is 0 Å². The fraction of sp³-hybridized carbons (Fsp3) is 0.231. The van der Waals surface area contributed by atoms with Gasteiger partial charge in [0.25, 0.3) is 11.5 Å². The number of carbonyl (C=O) groups excluding carboxylic acids is 1. The molecule has 4 nitrogen and oxygen atoms in total. The first kappa shape index (κ1) is 12.6. The summed E-state index contributed by atoms with van der Waals surface area (Å²) in [6, 6.07) is 5.21. The number of nitrogens with one attached hydrogen (secondary N) is 1. The van der Waals surface area contributed by atoms with Crippen LogP contribution in [0.1, 0.15) is 20.8 Å². The Balaban J connectivity index is 2.18. The van der Waals surface area contributed by atoms with Crippen LogP contribution in [0.2, 0.25) is 0 Å². The van der Waals surface area contributed by atoms with Gasteiger partial charge in [0.05, 0.1) is 6.54 Å². The van der Waals surface area contributed by atoms with Crippen LogP contribution in [0.15, 0.2) is 34.6 Å². The smallest absolute Gasteiger partial charge is 0.260 e. The maximum atomic E-state index is 12.1. The second kappa shape index (κ2) is 5.18. The van der Waals surface area contributed by atoms with Gasteiger partial charge in [0.1, 0.15) is 5.56 Å². The van der Waals surface area contributed by atoms with Gasteiger partial charge < -0.3 is 9.88 Å². The van der Waals surface area contributed by atoms with Crippen molar-refractivity contribution in [3.8, 4) is 0 Å². The molecule has 5 heteroatoms. The number of aromatic nitrogens is 1. The highest BCUT2D eigenvalue weighted by Crippen LogP contribution is 2.17. The summed E-state index contributed by atoms with van der Waals surface area (Å²) in [5.41, 5.74) is 0.994. The van der Waals surface area contributed by atoms with E-state index in [4.69, 9.17) is 0 Å². The molecular formula is C13H14N2O2S. The second-order valence-corrected chi connectivity index (χ2v) is 5.10. The fourth-order valence-corrected chi connectivity index (χ4v) is 2.61. The lowest BCUT2D eigenvalue weighted by molar-refractivity contribution is 0.0784. The highest BCUT2D eigenvalue weighted by molar-refractivity contribution is 7.10. The number of amides is 1. The minimum absolute atomic E-state index is 0.175. The van der Waals surface area contributed by atoms with Crippen LogP contribution in [-0.4, -0.2) is 22.8 Å². The van der Waals surface area contributed by atoms with Crippen LogP contribution < -0.4 is 5.56 Å². The lowest BCUT2D eigenvalue weighted by Gasteiger charge is -2.16. The minimum atomic E-state index is -0.350. The molecule has 2 aromatic heterocycles. The fourth-order valence-electron chi connectivity index (χ4n) is 1.65. The topological polar surface area (TPSA) is 53.2 Å². The summed E-state index contributed by atoms with van der Waals surface area (Å²) in [6.07, 6.45) is 1.52. The van der Waals surface area contributed by atoms with Crippen molar-refractivity contribution >= 4 is 17.2 Å². The van der Waals surface area contributed by atoms with E-state index in [9.17, 15) is 9.59 Å². The van der Waals surface area contributed by atoms with Gasteiger partial charge in [0, 0.05) is 18.1 Å². The standard InChI is InChI=1S/C13H14N2O2S/c1-9-5-7-18-11(9)8-15(2)13(17)10-4-3-6-14-12(10)16/h3-7H,8H2,1-2H3,(H,14,16). The summed E-state index contributed by atoms with van der Waals surface area (Å²) in [5.74, 6) is -0.260. The Morgan fingerprint density at radius 3 is 2.83 bits per heavy atom. The van der Waals surface area contributed by atoms with Crippen molar-refractivity contribution in [1.82, 2.24) is 9.88 Å². The Morgan fingerprint density at radius 2 is 2.22 bits per heavy atom. The number of carbonyl (C=O) groups is 1. The lowest BCUT2D eigenvalue weighted by atomic mass is 10.2. The van der Waals surface area contributed by atoms with Crippen molar-refractivity contribution in [2.24, 2.45) is 0 Å². The number of rotatable bonds is 3. The Hall–Kier alpha value is -1.88. The van der Waals surface area contributed by atoms with E-state index in [0.717, 1.165) is 4.88 Å².